The van der Waals surface area contributed by atoms with Gasteiger partial charge in [0.05, 0.1) is 22.5 Å². The van der Waals surface area contributed by atoms with Crippen LogP contribution in [0.5, 0.6) is 0 Å². The number of sulfonamides is 1. The number of nitrogens with one attached hydrogen (secondary N) is 1. The summed E-state index contributed by atoms with van der Waals surface area (Å²) >= 11 is 0. The molecule has 1 aliphatic heterocycles. The van der Waals surface area contributed by atoms with Gasteiger partial charge in [0.15, 0.2) is 0 Å². The normalized spacial score (nSPS) is 16.2. The largest absolute Gasteiger partial charge is 0.297 e. The molecule has 3 aromatic rings. The Balaban J connectivity index is 1.37. The van der Waals surface area contributed by atoms with Crippen LogP contribution in [-0.2, 0) is 16.6 Å². The summed E-state index contributed by atoms with van der Waals surface area (Å²) in [6.45, 7) is 2.67. The minimum absolute atomic E-state index is 0.331. The van der Waals surface area contributed by atoms with Gasteiger partial charge in [-0.2, -0.15) is 0 Å². The highest BCUT2D eigenvalue weighted by atomic mass is 32.2. The van der Waals surface area contributed by atoms with E-state index in [9.17, 15) is 8.42 Å². The third kappa shape index (κ3) is 4.55. The zero-order valence-corrected chi connectivity index (χ0v) is 17.2. The van der Waals surface area contributed by atoms with Crippen molar-refractivity contribution in [1.29, 1.82) is 0 Å². The number of benzene rings is 2. The smallest absolute Gasteiger partial charge is 0.240 e. The van der Waals surface area contributed by atoms with Gasteiger partial charge in [-0.1, -0.05) is 35.5 Å². The summed E-state index contributed by atoms with van der Waals surface area (Å²) in [5, 5.41) is 8.54. The molecule has 29 heavy (non-hydrogen) atoms. The van der Waals surface area contributed by atoms with E-state index in [1.807, 2.05) is 48.7 Å². The monoisotopic (exact) mass is 411 g/mol. The first-order valence-electron chi connectivity index (χ1n) is 9.78. The predicted octanol–water partition coefficient (Wildman–Crippen LogP) is 2.56. The standard InChI is InChI=1S/C21H25N5O2S/c1-22-29(27,28)21-9-5-6-18(14-21)17-10-12-25(13-11-17)15-19-16-26(24-23-19)20-7-3-2-4-8-20/h2-9,14,16-17,22H,10-13,15H2,1H3. The molecule has 0 amide bonds. The number of piperidine rings is 1. The van der Waals surface area contributed by atoms with E-state index in [4.69, 9.17) is 0 Å². The maximum absolute atomic E-state index is 12.1. The van der Waals surface area contributed by atoms with Gasteiger partial charge in [0.1, 0.15) is 0 Å². The SMILES string of the molecule is CNS(=O)(=O)c1cccc(C2CCN(Cc3cn(-c4ccccc4)nn3)CC2)c1. The zero-order valence-electron chi connectivity index (χ0n) is 16.4. The average Bonchev–Trinajstić information content (AvgIpc) is 3.23. The fourth-order valence-electron chi connectivity index (χ4n) is 3.78. The van der Waals surface area contributed by atoms with Crippen molar-refractivity contribution in [3.8, 4) is 5.69 Å². The summed E-state index contributed by atoms with van der Waals surface area (Å²) in [5.41, 5.74) is 3.05. The lowest BCUT2D eigenvalue weighted by atomic mass is 9.89. The fraction of sp³-hybridized carbons (Fsp3) is 0.333. The van der Waals surface area contributed by atoms with Crippen molar-refractivity contribution in [2.24, 2.45) is 0 Å². The molecule has 4 rings (SSSR count). The molecule has 1 N–H and O–H groups in total. The van der Waals surface area contributed by atoms with Gasteiger partial charge in [-0.15, -0.1) is 5.10 Å². The van der Waals surface area contributed by atoms with Crippen molar-refractivity contribution in [3.63, 3.8) is 0 Å². The van der Waals surface area contributed by atoms with Crippen molar-refractivity contribution in [3.05, 3.63) is 72.1 Å². The minimum Gasteiger partial charge on any atom is -0.297 e. The summed E-state index contributed by atoms with van der Waals surface area (Å²) in [4.78, 5) is 2.71. The maximum atomic E-state index is 12.1. The van der Waals surface area contributed by atoms with Gasteiger partial charge in [0.2, 0.25) is 10.0 Å². The van der Waals surface area contributed by atoms with Crippen LogP contribution in [0.1, 0.15) is 30.0 Å². The van der Waals surface area contributed by atoms with Crippen LogP contribution in [0.25, 0.3) is 5.69 Å². The molecule has 0 unspecified atom stereocenters. The fourth-order valence-corrected chi connectivity index (χ4v) is 4.57. The second kappa shape index (κ2) is 8.44. The third-order valence-corrected chi connectivity index (χ3v) is 6.86. The van der Waals surface area contributed by atoms with Crippen molar-refractivity contribution in [1.82, 2.24) is 24.6 Å². The van der Waals surface area contributed by atoms with Crippen LogP contribution in [0.3, 0.4) is 0 Å². The molecule has 0 radical (unpaired) electrons. The average molecular weight is 412 g/mol. The van der Waals surface area contributed by atoms with Gasteiger partial charge < -0.3 is 0 Å². The van der Waals surface area contributed by atoms with E-state index in [2.05, 4.69) is 19.9 Å². The Morgan fingerprint density at radius 3 is 2.55 bits per heavy atom. The number of rotatable bonds is 6. The molecule has 152 valence electrons. The van der Waals surface area contributed by atoms with Crippen molar-refractivity contribution >= 4 is 10.0 Å². The Bertz CT molecular complexity index is 1060. The van der Waals surface area contributed by atoms with E-state index in [1.165, 1.54) is 7.05 Å². The Hall–Kier alpha value is -2.55. The molecule has 0 atom stereocenters. The molecule has 0 aliphatic carbocycles. The first kappa shape index (κ1) is 19.8. The second-order valence-corrected chi connectivity index (χ2v) is 9.21. The summed E-state index contributed by atoms with van der Waals surface area (Å²) in [6.07, 6.45) is 3.97. The van der Waals surface area contributed by atoms with E-state index in [1.54, 1.807) is 16.8 Å². The molecule has 1 aliphatic rings. The Kier molecular flexibility index (Phi) is 5.75. The number of hydrogen-bond donors (Lipinski definition) is 1. The van der Waals surface area contributed by atoms with Gasteiger partial charge in [-0.05, 0) is 68.7 Å². The molecule has 8 heteroatoms. The van der Waals surface area contributed by atoms with Crippen molar-refractivity contribution in [2.45, 2.75) is 30.2 Å². The van der Waals surface area contributed by atoms with Crippen molar-refractivity contribution < 1.29 is 8.42 Å². The quantitative estimate of drug-likeness (QED) is 0.674. The minimum atomic E-state index is -3.41. The first-order chi connectivity index (χ1) is 14.0. The van der Waals surface area contributed by atoms with Crippen LogP contribution < -0.4 is 4.72 Å². The highest BCUT2D eigenvalue weighted by Crippen LogP contribution is 2.29. The molecular formula is C21H25N5O2S. The lowest BCUT2D eigenvalue weighted by Gasteiger charge is -2.31. The van der Waals surface area contributed by atoms with Gasteiger partial charge >= 0.3 is 0 Å². The van der Waals surface area contributed by atoms with E-state index >= 15 is 0 Å². The Morgan fingerprint density at radius 2 is 1.83 bits per heavy atom. The van der Waals surface area contributed by atoms with Gasteiger partial charge in [-0.25, -0.2) is 17.8 Å². The van der Waals surface area contributed by atoms with Crippen LogP contribution in [0.2, 0.25) is 0 Å². The molecule has 0 spiro atoms. The summed E-state index contributed by atoms with van der Waals surface area (Å²) < 4.78 is 28.3. The summed E-state index contributed by atoms with van der Waals surface area (Å²) in [5.74, 6) is 0.373. The highest BCUT2D eigenvalue weighted by molar-refractivity contribution is 7.89. The van der Waals surface area contributed by atoms with Gasteiger partial charge in [-0.3, -0.25) is 4.90 Å². The van der Waals surface area contributed by atoms with Crippen LogP contribution in [0.4, 0.5) is 0 Å². The van der Waals surface area contributed by atoms with E-state index in [0.29, 0.717) is 10.8 Å². The van der Waals surface area contributed by atoms with Gasteiger partial charge in [0.25, 0.3) is 0 Å². The molecule has 2 aromatic carbocycles. The summed E-state index contributed by atoms with van der Waals surface area (Å²) in [7, 11) is -1.97. The second-order valence-electron chi connectivity index (χ2n) is 7.32. The van der Waals surface area contributed by atoms with Crippen molar-refractivity contribution in [2.75, 3.05) is 20.1 Å². The zero-order chi connectivity index (χ0) is 20.3. The molecule has 1 aromatic heterocycles. The van der Waals surface area contributed by atoms with E-state index in [0.717, 1.165) is 49.4 Å². The topological polar surface area (TPSA) is 80.1 Å². The molecule has 2 heterocycles. The van der Waals surface area contributed by atoms with Crippen LogP contribution >= 0.6 is 0 Å². The number of hydrogen-bond acceptors (Lipinski definition) is 5. The Labute approximate surface area is 171 Å². The first-order valence-corrected chi connectivity index (χ1v) is 11.3. The Morgan fingerprint density at radius 1 is 1.07 bits per heavy atom. The van der Waals surface area contributed by atoms with Gasteiger partial charge in [0, 0.05) is 6.54 Å². The maximum Gasteiger partial charge on any atom is 0.240 e. The molecule has 0 saturated carbocycles. The number of nitrogens with zero attached hydrogens (tertiary/aromatic N) is 4. The predicted molar refractivity (Wildman–Crippen MR) is 111 cm³/mol. The molecule has 7 nitrogen and oxygen atoms in total. The molecule has 1 fully saturated rings. The molecular weight excluding hydrogens is 386 g/mol. The highest BCUT2D eigenvalue weighted by Gasteiger charge is 2.23. The van der Waals surface area contributed by atoms with Crippen LogP contribution in [0.15, 0.2) is 65.7 Å². The lowest BCUT2D eigenvalue weighted by Crippen LogP contribution is -2.32. The number of likely N-dealkylation sites (tertiary alicyclic amines) is 1. The van der Waals surface area contributed by atoms with E-state index in [-0.39, 0.29) is 0 Å². The van der Waals surface area contributed by atoms with Crippen LogP contribution in [0, 0.1) is 0 Å². The van der Waals surface area contributed by atoms with Crippen LogP contribution in [-0.4, -0.2) is 48.4 Å². The number of para-hydroxylation sites is 1. The lowest BCUT2D eigenvalue weighted by molar-refractivity contribution is 0.202. The third-order valence-electron chi connectivity index (χ3n) is 5.44. The number of aromatic nitrogens is 3. The molecule has 1 saturated heterocycles. The van der Waals surface area contributed by atoms with E-state index < -0.39 is 10.0 Å². The molecule has 0 bridgehead atoms. The summed E-state index contributed by atoms with van der Waals surface area (Å²) in [6, 6.07) is 17.3.